The molecular formula is C17H23NO. The second kappa shape index (κ2) is 5.36. The Morgan fingerprint density at radius 3 is 2.79 bits per heavy atom. The number of aldehydes is 1. The van der Waals surface area contributed by atoms with Crippen LogP contribution in [0.2, 0.25) is 0 Å². The monoisotopic (exact) mass is 257 g/mol. The zero-order valence-electron chi connectivity index (χ0n) is 11.8. The van der Waals surface area contributed by atoms with Gasteiger partial charge >= 0.3 is 0 Å². The van der Waals surface area contributed by atoms with E-state index in [2.05, 4.69) is 24.0 Å². The molecule has 0 radical (unpaired) electrons. The van der Waals surface area contributed by atoms with Crippen LogP contribution in [0, 0.1) is 12.8 Å². The molecule has 1 heterocycles. The number of hydrogen-bond donors (Lipinski definition) is 0. The highest BCUT2D eigenvalue weighted by Crippen LogP contribution is 2.38. The lowest BCUT2D eigenvalue weighted by atomic mass is 9.78. The first-order valence-electron chi connectivity index (χ1n) is 7.62. The van der Waals surface area contributed by atoms with Crippen molar-refractivity contribution in [1.82, 2.24) is 0 Å². The molecule has 0 N–H and O–H groups in total. The molecule has 1 saturated heterocycles. The first-order chi connectivity index (χ1) is 9.29. The van der Waals surface area contributed by atoms with Crippen LogP contribution in [0.25, 0.3) is 0 Å². The largest absolute Gasteiger partial charge is 0.368 e. The number of nitrogens with zero attached hydrogens (tertiary/aromatic N) is 1. The number of rotatable bonds is 2. The van der Waals surface area contributed by atoms with E-state index in [1.807, 2.05) is 6.07 Å². The highest BCUT2D eigenvalue weighted by atomic mass is 16.1. The van der Waals surface area contributed by atoms with E-state index in [1.54, 1.807) is 0 Å². The Labute approximate surface area is 115 Å². The molecule has 19 heavy (non-hydrogen) atoms. The average Bonchev–Trinajstić information content (AvgIpc) is 2.46. The predicted octanol–water partition coefficient (Wildman–Crippen LogP) is 3.97. The van der Waals surface area contributed by atoms with Crippen LogP contribution < -0.4 is 4.90 Å². The minimum absolute atomic E-state index is 0.670. The van der Waals surface area contributed by atoms with E-state index in [9.17, 15) is 4.79 Å². The Kier molecular flexibility index (Phi) is 3.58. The van der Waals surface area contributed by atoms with Crippen LogP contribution in [0.1, 0.15) is 54.4 Å². The van der Waals surface area contributed by atoms with Gasteiger partial charge in [-0.05, 0) is 50.7 Å². The molecule has 1 aliphatic carbocycles. The molecule has 2 heteroatoms. The number of carbonyl (C=O) groups is 1. The summed E-state index contributed by atoms with van der Waals surface area (Å²) in [5.41, 5.74) is 3.20. The molecular weight excluding hydrogens is 234 g/mol. The van der Waals surface area contributed by atoms with E-state index >= 15 is 0 Å². The van der Waals surface area contributed by atoms with Crippen molar-refractivity contribution < 1.29 is 4.79 Å². The van der Waals surface area contributed by atoms with Gasteiger partial charge in [-0.15, -0.1) is 0 Å². The Morgan fingerprint density at radius 1 is 1.16 bits per heavy atom. The molecule has 0 spiro atoms. The molecule has 2 aliphatic rings. The quantitative estimate of drug-likeness (QED) is 0.747. The van der Waals surface area contributed by atoms with Crippen LogP contribution in [0.4, 0.5) is 5.69 Å². The van der Waals surface area contributed by atoms with Crippen molar-refractivity contribution in [2.75, 3.05) is 11.4 Å². The normalized spacial score (nSPS) is 26.9. The molecule has 1 aromatic carbocycles. The summed E-state index contributed by atoms with van der Waals surface area (Å²) in [6.45, 7) is 3.17. The van der Waals surface area contributed by atoms with Crippen molar-refractivity contribution >= 4 is 12.0 Å². The molecule has 0 aromatic heterocycles. The Hall–Kier alpha value is -1.31. The van der Waals surface area contributed by atoms with Gasteiger partial charge in [-0.1, -0.05) is 24.5 Å². The number of carbonyl (C=O) groups excluding carboxylic acids is 1. The van der Waals surface area contributed by atoms with Crippen LogP contribution in [-0.2, 0) is 0 Å². The first-order valence-corrected chi connectivity index (χ1v) is 7.62. The van der Waals surface area contributed by atoms with E-state index in [1.165, 1.54) is 44.1 Å². The molecule has 1 aromatic rings. The van der Waals surface area contributed by atoms with Crippen LogP contribution >= 0.6 is 0 Å². The van der Waals surface area contributed by atoms with Gasteiger partial charge in [0.25, 0.3) is 0 Å². The molecule has 0 bridgehead atoms. The third-order valence-electron chi connectivity index (χ3n) is 4.86. The summed E-state index contributed by atoms with van der Waals surface area (Å²) in [7, 11) is 0. The minimum atomic E-state index is 0.670. The molecule has 2 nitrogen and oxygen atoms in total. The van der Waals surface area contributed by atoms with Gasteiger partial charge in [0.1, 0.15) is 0 Å². The molecule has 1 saturated carbocycles. The lowest BCUT2D eigenvalue weighted by molar-refractivity contribution is 0.112. The summed E-state index contributed by atoms with van der Waals surface area (Å²) >= 11 is 0. The number of anilines is 1. The second-order valence-corrected chi connectivity index (χ2v) is 6.13. The summed E-state index contributed by atoms with van der Waals surface area (Å²) < 4.78 is 0. The van der Waals surface area contributed by atoms with Gasteiger partial charge in [-0.2, -0.15) is 0 Å². The zero-order chi connectivity index (χ0) is 13.2. The van der Waals surface area contributed by atoms with Crippen molar-refractivity contribution in [3.8, 4) is 0 Å². The fraction of sp³-hybridized carbons (Fsp3) is 0.588. The number of benzene rings is 1. The van der Waals surface area contributed by atoms with Gasteiger partial charge in [0.05, 0.1) is 0 Å². The maximum Gasteiger partial charge on any atom is 0.152 e. The van der Waals surface area contributed by atoms with Crippen molar-refractivity contribution in [3.63, 3.8) is 0 Å². The second-order valence-electron chi connectivity index (χ2n) is 6.13. The van der Waals surface area contributed by atoms with Gasteiger partial charge in [-0.3, -0.25) is 4.79 Å². The summed E-state index contributed by atoms with van der Waals surface area (Å²) in [6.07, 6.45) is 9.09. The van der Waals surface area contributed by atoms with Gasteiger partial charge < -0.3 is 4.90 Å². The van der Waals surface area contributed by atoms with Gasteiger partial charge in [0.2, 0.25) is 0 Å². The lowest BCUT2D eigenvalue weighted by Crippen LogP contribution is -2.47. The Bertz CT molecular complexity index is 466. The number of hydrogen-bond acceptors (Lipinski definition) is 2. The maximum absolute atomic E-state index is 11.4. The van der Waals surface area contributed by atoms with Crippen molar-refractivity contribution in [2.45, 2.75) is 51.5 Å². The van der Waals surface area contributed by atoms with Gasteiger partial charge in [0, 0.05) is 23.8 Å². The van der Waals surface area contributed by atoms with Crippen molar-refractivity contribution in [3.05, 3.63) is 29.3 Å². The standard InChI is InChI=1S/C17H23NO/c1-13-8-9-17(15(11-13)12-19)18-10-4-6-14-5-2-3-7-16(14)18/h8-9,11-12,14,16H,2-7,10H2,1H3. The van der Waals surface area contributed by atoms with Crippen molar-refractivity contribution in [1.29, 1.82) is 0 Å². The average molecular weight is 257 g/mol. The van der Waals surface area contributed by atoms with Crippen LogP contribution in [-0.4, -0.2) is 18.9 Å². The first kappa shape index (κ1) is 12.7. The fourth-order valence-corrected chi connectivity index (χ4v) is 3.95. The highest BCUT2D eigenvalue weighted by molar-refractivity contribution is 5.85. The molecule has 0 amide bonds. The number of fused-ring (bicyclic) bond motifs is 1. The van der Waals surface area contributed by atoms with Crippen LogP contribution in [0.5, 0.6) is 0 Å². The predicted molar refractivity (Wildman–Crippen MR) is 78.9 cm³/mol. The zero-order valence-corrected chi connectivity index (χ0v) is 11.8. The van der Waals surface area contributed by atoms with Gasteiger partial charge in [0.15, 0.2) is 6.29 Å². The van der Waals surface area contributed by atoms with Crippen LogP contribution in [0.15, 0.2) is 18.2 Å². The number of piperidine rings is 1. The van der Waals surface area contributed by atoms with Crippen molar-refractivity contribution in [2.24, 2.45) is 5.92 Å². The molecule has 102 valence electrons. The minimum Gasteiger partial charge on any atom is -0.368 e. The Morgan fingerprint density at radius 2 is 1.95 bits per heavy atom. The number of aryl methyl sites for hydroxylation is 1. The molecule has 2 fully saturated rings. The molecule has 2 atom stereocenters. The summed E-state index contributed by atoms with van der Waals surface area (Å²) in [5, 5.41) is 0. The molecule has 3 rings (SSSR count). The smallest absolute Gasteiger partial charge is 0.152 e. The van der Waals surface area contributed by atoms with Gasteiger partial charge in [-0.25, -0.2) is 0 Å². The highest BCUT2D eigenvalue weighted by Gasteiger charge is 2.33. The summed E-state index contributed by atoms with van der Waals surface area (Å²) in [5.74, 6) is 0.850. The van der Waals surface area contributed by atoms with E-state index < -0.39 is 0 Å². The molecule has 1 aliphatic heterocycles. The SMILES string of the molecule is Cc1ccc(N2CCCC3CCCCC32)c(C=O)c1. The van der Waals surface area contributed by atoms with Crippen LogP contribution in [0.3, 0.4) is 0 Å². The third-order valence-corrected chi connectivity index (χ3v) is 4.86. The summed E-state index contributed by atoms with van der Waals surface area (Å²) in [4.78, 5) is 13.9. The lowest BCUT2D eigenvalue weighted by Gasteiger charge is -2.45. The Balaban J connectivity index is 1.93. The summed E-state index contributed by atoms with van der Waals surface area (Å²) in [6, 6.07) is 6.98. The van der Waals surface area contributed by atoms with E-state index in [0.29, 0.717) is 6.04 Å². The topological polar surface area (TPSA) is 20.3 Å². The van der Waals surface area contributed by atoms with E-state index in [-0.39, 0.29) is 0 Å². The third kappa shape index (κ3) is 2.41. The van der Waals surface area contributed by atoms with E-state index in [0.717, 1.165) is 30.0 Å². The molecule has 2 unspecified atom stereocenters. The maximum atomic E-state index is 11.4. The van der Waals surface area contributed by atoms with E-state index in [4.69, 9.17) is 0 Å². The fourth-order valence-electron chi connectivity index (χ4n) is 3.95.